The van der Waals surface area contributed by atoms with Crippen molar-refractivity contribution < 1.29 is 29.4 Å². The van der Waals surface area contributed by atoms with Crippen LogP contribution < -0.4 is 22.1 Å². The Morgan fingerprint density at radius 1 is 1.18 bits per heavy atom. The minimum Gasteiger partial charge on any atom is -0.480 e. The number of carboxylic acids is 1. The summed E-state index contributed by atoms with van der Waals surface area (Å²) in [6.45, 7) is 1.52. The Morgan fingerprint density at radius 2 is 1.86 bits per heavy atom. The number of hydrogen-bond donors (Lipinski definition) is 6. The van der Waals surface area contributed by atoms with Gasteiger partial charge in [0.2, 0.25) is 17.7 Å². The van der Waals surface area contributed by atoms with E-state index in [4.69, 9.17) is 21.7 Å². The highest BCUT2D eigenvalue weighted by atomic mass is 16.4. The van der Waals surface area contributed by atoms with Crippen molar-refractivity contribution in [2.24, 2.45) is 11.5 Å². The number of carbonyl (C=O) groups excluding carboxylic acids is 3. The predicted octanol–water partition coefficient (Wildman–Crippen LogP) is -2.50. The van der Waals surface area contributed by atoms with Crippen LogP contribution in [0.3, 0.4) is 0 Å². The molecule has 28 heavy (non-hydrogen) atoms. The minimum absolute atomic E-state index is 0.315. The standard InChI is InChI=1S/C17H31N5O6/c1-10(19)14(24)20-11(5-2-3-7-18)16(26)22-8-4-6-13(22)15(25)21-12(9-23)17(27)28/h10-13,23H,2-9,18-19H2,1H3,(H,20,24)(H,21,25)(H,27,28). The third-order valence-corrected chi connectivity index (χ3v) is 4.61. The SMILES string of the molecule is CC(N)C(=O)NC(CCCCN)C(=O)N1CCCC1C(=O)NC(CO)C(=O)O. The molecular weight excluding hydrogens is 370 g/mol. The lowest BCUT2D eigenvalue weighted by atomic mass is 10.1. The van der Waals surface area contributed by atoms with Crippen molar-refractivity contribution in [3.05, 3.63) is 0 Å². The van der Waals surface area contributed by atoms with Gasteiger partial charge in [-0.05, 0) is 45.6 Å². The number of aliphatic hydroxyl groups is 1. The minimum atomic E-state index is -1.44. The molecule has 0 saturated carbocycles. The summed E-state index contributed by atoms with van der Waals surface area (Å²) in [6.07, 6.45) is 2.58. The summed E-state index contributed by atoms with van der Waals surface area (Å²) >= 11 is 0. The molecule has 0 radical (unpaired) electrons. The largest absolute Gasteiger partial charge is 0.480 e. The van der Waals surface area contributed by atoms with Crippen molar-refractivity contribution in [1.29, 1.82) is 0 Å². The average Bonchev–Trinajstić information content (AvgIpc) is 3.14. The Bertz CT molecular complexity index is 570. The van der Waals surface area contributed by atoms with Gasteiger partial charge >= 0.3 is 5.97 Å². The summed E-state index contributed by atoms with van der Waals surface area (Å²) in [6, 6.07) is -3.93. The lowest BCUT2D eigenvalue weighted by molar-refractivity contribution is -0.145. The zero-order valence-electron chi connectivity index (χ0n) is 16.1. The van der Waals surface area contributed by atoms with Gasteiger partial charge in [0.1, 0.15) is 18.1 Å². The maximum Gasteiger partial charge on any atom is 0.328 e. The normalized spacial score (nSPS) is 19.6. The van der Waals surface area contributed by atoms with E-state index in [1.807, 2.05) is 0 Å². The van der Waals surface area contributed by atoms with Crippen LogP contribution in [-0.4, -0.2) is 82.7 Å². The Hall–Kier alpha value is -2.24. The van der Waals surface area contributed by atoms with Crippen LogP contribution in [0, 0.1) is 0 Å². The number of carbonyl (C=O) groups is 4. The van der Waals surface area contributed by atoms with E-state index in [0.717, 1.165) is 0 Å². The molecule has 11 heteroatoms. The summed E-state index contributed by atoms with van der Waals surface area (Å²) < 4.78 is 0. The molecule has 0 spiro atoms. The summed E-state index contributed by atoms with van der Waals surface area (Å²) in [4.78, 5) is 49.8. The molecule has 1 rings (SSSR count). The van der Waals surface area contributed by atoms with Crippen LogP contribution >= 0.6 is 0 Å². The fourth-order valence-corrected chi connectivity index (χ4v) is 3.01. The van der Waals surface area contributed by atoms with Gasteiger partial charge in [-0.3, -0.25) is 14.4 Å². The predicted molar refractivity (Wildman–Crippen MR) is 99.9 cm³/mol. The summed E-state index contributed by atoms with van der Waals surface area (Å²) in [5.74, 6) is -2.90. The van der Waals surface area contributed by atoms with Gasteiger partial charge in [0.25, 0.3) is 0 Å². The number of carboxylic acid groups (broad SMARTS) is 1. The monoisotopic (exact) mass is 401 g/mol. The van der Waals surface area contributed by atoms with Crippen molar-refractivity contribution >= 4 is 23.7 Å². The first-order chi connectivity index (χ1) is 13.2. The number of rotatable bonds is 11. The Balaban J connectivity index is 2.87. The number of likely N-dealkylation sites (tertiary alicyclic amines) is 1. The van der Waals surface area contributed by atoms with Gasteiger partial charge in [0.15, 0.2) is 0 Å². The fraction of sp³-hybridized carbons (Fsp3) is 0.765. The zero-order valence-corrected chi connectivity index (χ0v) is 16.1. The van der Waals surface area contributed by atoms with E-state index >= 15 is 0 Å². The molecule has 1 heterocycles. The number of unbranched alkanes of at least 4 members (excludes halogenated alkanes) is 1. The van der Waals surface area contributed by atoms with E-state index in [-0.39, 0.29) is 0 Å². The van der Waals surface area contributed by atoms with Crippen molar-refractivity contribution in [2.45, 2.75) is 63.2 Å². The van der Waals surface area contributed by atoms with Gasteiger partial charge in [-0.2, -0.15) is 0 Å². The molecule has 0 aliphatic carbocycles. The second kappa shape index (κ2) is 11.6. The van der Waals surface area contributed by atoms with Crippen molar-refractivity contribution in [3.63, 3.8) is 0 Å². The van der Waals surface area contributed by atoms with Crippen LogP contribution in [-0.2, 0) is 19.2 Å². The zero-order chi connectivity index (χ0) is 21.3. The van der Waals surface area contributed by atoms with E-state index < -0.39 is 54.5 Å². The third-order valence-electron chi connectivity index (χ3n) is 4.61. The highest BCUT2D eigenvalue weighted by Gasteiger charge is 2.38. The second-order valence-electron chi connectivity index (χ2n) is 6.91. The molecule has 8 N–H and O–H groups in total. The molecule has 4 atom stereocenters. The molecule has 0 aromatic heterocycles. The van der Waals surface area contributed by atoms with Gasteiger partial charge in [-0.25, -0.2) is 4.79 Å². The van der Waals surface area contributed by atoms with Crippen LogP contribution in [0.5, 0.6) is 0 Å². The van der Waals surface area contributed by atoms with Crippen molar-refractivity contribution in [1.82, 2.24) is 15.5 Å². The maximum absolute atomic E-state index is 13.0. The quantitative estimate of drug-likeness (QED) is 0.205. The van der Waals surface area contributed by atoms with Gasteiger partial charge in [-0.1, -0.05) is 0 Å². The highest BCUT2D eigenvalue weighted by Crippen LogP contribution is 2.20. The van der Waals surface area contributed by atoms with Gasteiger partial charge < -0.3 is 37.2 Å². The molecule has 11 nitrogen and oxygen atoms in total. The van der Waals surface area contributed by atoms with Crippen LogP contribution in [0.25, 0.3) is 0 Å². The molecule has 1 fully saturated rings. The van der Waals surface area contributed by atoms with Gasteiger partial charge in [0.05, 0.1) is 12.6 Å². The summed E-state index contributed by atoms with van der Waals surface area (Å²) in [5, 5.41) is 22.9. The van der Waals surface area contributed by atoms with Crippen LogP contribution in [0.2, 0.25) is 0 Å². The number of aliphatic carboxylic acids is 1. The van der Waals surface area contributed by atoms with Crippen molar-refractivity contribution in [2.75, 3.05) is 19.7 Å². The average molecular weight is 401 g/mol. The van der Waals surface area contributed by atoms with E-state index in [0.29, 0.717) is 45.2 Å². The maximum atomic E-state index is 13.0. The molecule has 3 amide bonds. The number of nitrogens with one attached hydrogen (secondary N) is 2. The Labute approximate surface area is 163 Å². The fourth-order valence-electron chi connectivity index (χ4n) is 3.01. The van der Waals surface area contributed by atoms with E-state index in [2.05, 4.69) is 10.6 Å². The Morgan fingerprint density at radius 3 is 2.39 bits per heavy atom. The molecule has 1 aliphatic rings. The number of aliphatic hydroxyl groups excluding tert-OH is 1. The van der Waals surface area contributed by atoms with E-state index in [1.165, 1.54) is 11.8 Å². The smallest absolute Gasteiger partial charge is 0.328 e. The van der Waals surface area contributed by atoms with Crippen LogP contribution in [0.1, 0.15) is 39.0 Å². The van der Waals surface area contributed by atoms with Crippen molar-refractivity contribution in [3.8, 4) is 0 Å². The molecule has 160 valence electrons. The summed E-state index contributed by atoms with van der Waals surface area (Å²) in [5.41, 5.74) is 11.1. The van der Waals surface area contributed by atoms with E-state index in [9.17, 15) is 19.2 Å². The first kappa shape index (κ1) is 23.8. The van der Waals surface area contributed by atoms with Gasteiger partial charge in [0, 0.05) is 6.54 Å². The molecular formula is C17H31N5O6. The molecule has 0 aromatic rings. The first-order valence-corrected chi connectivity index (χ1v) is 9.43. The number of amides is 3. The lowest BCUT2D eigenvalue weighted by Gasteiger charge is -2.29. The second-order valence-corrected chi connectivity index (χ2v) is 6.91. The van der Waals surface area contributed by atoms with Crippen LogP contribution in [0.4, 0.5) is 0 Å². The summed E-state index contributed by atoms with van der Waals surface area (Å²) in [7, 11) is 0. The molecule has 0 aromatic carbocycles. The molecule has 1 saturated heterocycles. The first-order valence-electron chi connectivity index (χ1n) is 9.43. The topological polar surface area (TPSA) is 188 Å². The third kappa shape index (κ3) is 6.73. The van der Waals surface area contributed by atoms with E-state index in [1.54, 1.807) is 0 Å². The lowest BCUT2D eigenvalue weighted by Crippen LogP contribution is -2.56. The molecule has 4 unspecified atom stereocenters. The number of nitrogens with zero attached hydrogens (tertiary/aromatic N) is 1. The van der Waals surface area contributed by atoms with Crippen LogP contribution in [0.15, 0.2) is 0 Å². The molecule has 1 aliphatic heterocycles. The Kier molecular flexibility index (Phi) is 9.83. The van der Waals surface area contributed by atoms with Gasteiger partial charge in [-0.15, -0.1) is 0 Å². The highest BCUT2D eigenvalue weighted by molar-refractivity contribution is 5.94. The number of nitrogens with two attached hydrogens (primary N) is 2. The number of hydrogen-bond acceptors (Lipinski definition) is 7. The molecule has 0 bridgehead atoms.